The predicted octanol–water partition coefficient (Wildman–Crippen LogP) is 2.04. The number of phenols is 1. The van der Waals surface area contributed by atoms with E-state index < -0.39 is 23.0 Å². The lowest BCUT2D eigenvalue weighted by atomic mass is 9.64. The largest absolute Gasteiger partial charge is 0.505 e. The molecule has 1 aromatic rings. The van der Waals surface area contributed by atoms with Gasteiger partial charge in [0.25, 0.3) is 0 Å². The Morgan fingerprint density at radius 2 is 2.07 bits per heavy atom. The topological polar surface area (TPSA) is 57.5 Å². The maximum atomic E-state index is 13.1. The van der Waals surface area contributed by atoms with Gasteiger partial charge in [0, 0.05) is 5.56 Å². The number of halogens is 1. The average molecular weight is 210 g/mol. The van der Waals surface area contributed by atoms with Crippen LogP contribution in [0.25, 0.3) is 0 Å². The first kappa shape index (κ1) is 9.96. The van der Waals surface area contributed by atoms with Gasteiger partial charge in [0.15, 0.2) is 11.6 Å². The van der Waals surface area contributed by atoms with Crippen LogP contribution in [0.2, 0.25) is 0 Å². The number of aliphatic carboxylic acids is 1. The summed E-state index contributed by atoms with van der Waals surface area (Å²) in [7, 11) is 0. The van der Waals surface area contributed by atoms with Crippen molar-refractivity contribution in [3.8, 4) is 5.75 Å². The van der Waals surface area contributed by atoms with Gasteiger partial charge in [-0.25, -0.2) is 4.39 Å². The van der Waals surface area contributed by atoms with E-state index in [1.165, 1.54) is 12.1 Å². The summed E-state index contributed by atoms with van der Waals surface area (Å²) in [6.45, 7) is 0. The maximum absolute atomic E-state index is 13.1. The van der Waals surface area contributed by atoms with Crippen molar-refractivity contribution in [3.05, 3.63) is 29.6 Å². The van der Waals surface area contributed by atoms with Crippen LogP contribution in [0, 0.1) is 5.82 Å². The molecular weight excluding hydrogens is 199 g/mol. The summed E-state index contributed by atoms with van der Waals surface area (Å²) in [5.41, 5.74) is -0.882. The van der Waals surface area contributed by atoms with Gasteiger partial charge in [-0.3, -0.25) is 4.79 Å². The molecule has 1 aliphatic carbocycles. The molecule has 0 saturated heterocycles. The number of rotatable bonds is 2. The first-order chi connectivity index (χ1) is 7.08. The number of hydrogen-bond acceptors (Lipinski definition) is 2. The second kappa shape index (κ2) is 3.22. The smallest absolute Gasteiger partial charge is 0.314 e. The Kier molecular flexibility index (Phi) is 2.14. The fourth-order valence-electron chi connectivity index (χ4n) is 2.03. The van der Waals surface area contributed by atoms with Gasteiger partial charge in [-0.05, 0) is 18.9 Å². The molecule has 3 nitrogen and oxygen atoms in total. The first-order valence-electron chi connectivity index (χ1n) is 4.79. The summed E-state index contributed by atoms with van der Waals surface area (Å²) in [5, 5.41) is 18.6. The fraction of sp³-hybridized carbons (Fsp3) is 0.364. The van der Waals surface area contributed by atoms with Gasteiger partial charge in [0.05, 0.1) is 5.41 Å². The Hall–Kier alpha value is -1.58. The van der Waals surface area contributed by atoms with E-state index in [9.17, 15) is 14.3 Å². The Labute approximate surface area is 86.2 Å². The number of carbonyl (C=O) groups is 1. The van der Waals surface area contributed by atoms with E-state index in [4.69, 9.17) is 5.11 Å². The van der Waals surface area contributed by atoms with Crippen molar-refractivity contribution in [2.45, 2.75) is 24.7 Å². The van der Waals surface area contributed by atoms with E-state index in [1.54, 1.807) is 0 Å². The molecule has 0 bridgehead atoms. The van der Waals surface area contributed by atoms with E-state index in [2.05, 4.69) is 0 Å². The molecular formula is C11H11FO3. The molecule has 1 saturated carbocycles. The number of para-hydroxylation sites is 1. The van der Waals surface area contributed by atoms with Crippen molar-refractivity contribution in [2.24, 2.45) is 0 Å². The third-order valence-corrected chi connectivity index (χ3v) is 3.12. The normalized spacial score (nSPS) is 18.2. The summed E-state index contributed by atoms with van der Waals surface area (Å²) >= 11 is 0. The van der Waals surface area contributed by atoms with Crippen LogP contribution in [0.4, 0.5) is 4.39 Å². The van der Waals surface area contributed by atoms with Crippen LogP contribution in [-0.4, -0.2) is 16.2 Å². The van der Waals surface area contributed by atoms with Crippen LogP contribution in [0.5, 0.6) is 5.75 Å². The van der Waals surface area contributed by atoms with Gasteiger partial charge in [-0.2, -0.15) is 0 Å². The van der Waals surface area contributed by atoms with Gasteiger partial charge >= 0.3 is 5.97 Å². The molecule has 2 rings (SSSR count). The minimum absolute atomic E-state index is 0.196. The van der Waals surface area contributed by atoms with Crippen molar-refractivity contribution < 1.29 is 19.4 Å². The molecule has 15 heavy (non-hydrogen) atoms. The molecule has 0 atom stereocenters. The fourth-order valence-corrected chi connectivity index (χ4v) is 2.03. The Morgan fingerprint density at radius 3 is 2.53 bits per heavy atom. The number of hydrogen-bond donors (Lipinski definition) is 2. The van der Waals surface area contributed by atoms with E-state index in [0.29, 0.717) is 12.8 Å². The molecule has 1 aliphatic rings. The van der Waals surface area contributed by atoms with Crippen LogP contribution in [0.1, 0.15) is 24.8 Å². The standard InChI is InChI=1S/C11H11FO3/c12-8-4-1-3-7(9(8)13)11(10(14)15)5-2-6-11/h1,3-4,13H,2,5-6H2,(H,14,15). The highest BCUT2D eigenvalue weighted by Gasteiger charge is 2.47. The first-order valence-corrected chi connectivity index (χ1v) is 4.79. The number of aromatic hydroxyl groups is 1. The van der Waals surface area contributed by atoms with Crippen LogP contribution >= 0.6 is 0 Å². The van der Waals surface area contributed by atoms with Gasteiger partial charge in [-0.1, -0.05) is 18.6 Å². The zero-order valence-electron chi connectivity index (χ0n) is 8.03. The molecule has 1 aromatic carbocycles. The molecule has 0 amide bonds. The number of carboxylic acids is 1. The third-order valence-electron chi connectivity index (χ3n) is 3.12. The minimum atomic E-state index is -1.08. The molecule has 0 radical (unpaired) electrons. The molecule has 0 spiro atoms. The summed E-state index contributed by atoms with van der Waals surface area (Å²) in [6, 6.07) is 4.02. The molecule has 2 N–H and O–H groups in total. The van der Waals surface area contributed by atoms with E-state index >= 15 is 0 Å². The van der Waals surface area contributed by atoms with Crippen molar-refractivity contribution in [1.82, 2.24) is 0 Å². The number of benzene rings is 1. The van der Waals surface area contributed by atoms with Gasteiger partial charge in [-0.15, -0.1) is 0 Å². The van der Waals surface area contributed by atoms with Crippen LogP contribution in [-0.2, 0) is 10.2 Å². The van der Waals surface area contributed by atoms with Crippen molar-refractivity contribution in [2.75, 3.05) is 0 Å². The average Bonchev–Trinajstić information content (AvgIpc) is 2.09. The van der Waals surface area contributed by atoms with E-state index in [-0.39, 0.29) is 5.56 Å². The third kappa shape index (κ3) is 1.28. The predicted molar refractivity (Wildman–Crippen MR) is 51.2 cm³/mol. The monoisotopic (exact) mass is 210 g/mol. The zero-order chi connectivity index (χ0) is 11.1. The lowest BCUT2D eigenvalue weighted by molar-refractivity contribution is -0.147. The van der Waals surface area contributed by atoms with Crippen molar-refractivity contribution in [3.63, 3.8) is 0 Å². The lowest BCUT2D eigenvalue weighted by Gasteiger charge is -2.38. The maximum Gasteiger partial charge on any atom is 0.314 e. The van der Waals surface area contributed by atoms with Gasteiger partial charge < -0.3 is 10.2 Å². The zero-order valence-corrected chi connectivity index (χ0v) is 8.03. The van der Waals surface area contributed by atoms with Crippen molar-refractivity contribution in [1.29, 1.82) is 0 Å². The highest BCUT2D eigenvalue weighted by Crippen LogP contribution is 2.47. The lowest BCUT2D eigenvalue weighted by Crippen LogP contribution is -2.42. The summed E-state index contributed by atoms with van der Waals surface area (Å²) in [4.78, 5) is 11.1. The van der Waals surface area contributed by atoms with Gasteiger partial charge in [0.2, 0.25) is 0 Å². The molecule has 0 heterocycles. The second-order valence-corrected chi connectivity index (χ2v) is 3.88. The van der Waals surface area contributed by atoms with Gasteiger partial charge in [0.1, 0.15) is 0 Å². The number of carboxylic acid groups (broad SMARTS) is 1. The molecule has 0 aromatic heterocycles. The highest BCUT2D eigenvalue weighted by molar-refractivity contribution is 5.83. The SMILES string of the molecule is O=C(O)C1(c2cccc(F)c2O)CCC1. The van der Waals surface area contributed by atoms with E-state index in [0.717, 1.165) is 12.5 Å². The quantitative estimate of drug-likeness (QED) is 0.785. The summed E-state index contributed by atoms with van der Waals surface area (Å²) in [6.07, 6.45) is 1.71. The minimum Gasteiger partial charge on any atom is -0.505 e. The Balaban J connectivity index is 2.53. The Bertz CT molecular complexity index is 410. The molecule has 1 fully saturated rings. The van der Waals surface area contributed by atoms with Crippen LogP contribution in [0.3, 0.4) is 0 Å². The summed E-state index contributed by atoms with van der Waals surface area (Å²) in [5.74, 6) is -2.28. The second-order valence-electron chi connectivity index (χ2n) is 3.88. The molecule has 4 heteroatoms. The summed E-state index contributed by atoms with van der Waals surface area (Å²) < 4.78 is 13.1. The Morgan fingerprint density at radius 1 is 1.40 bits per heavy atom. The molecule has 0 unspecified atom stereocenters. The van der Waals surface area contributed by atoms with Crippen LogP contribution in [0.15, 0.2) is 18.2 Å². The number of phenolic OH excluding ortho intramolecular Hbond substituents is 1. The molecule has 0 aliphatic heterocycles. The van der Waals surface area contributed by atoms with Crippen molar-refractivity contribution >= 4 is 5.97 Å². The van der Waals surface area contributed by atoms with E-state index in [1.807, 2.05) is 0 Å². The highest BCUT2D eigenvalue weighted by atomic mass is 19.1. The van der Waals surface area contributed by atoms with Crippen LogP contribution < -0.4 is 0 Å². The molecule has 80 valence electrons.